The summed E-state index contributed by atoms with van der Waals surface area (Å²) >= 11 is 0. The van der Waals surface area contributed by atoms with E-state index in [0.717, 1.165) is 25.8 Å². The Morgan fingerprint density at radius 3 is 2.73 bits per heavy atom. The highest BCUT2D eigenvalue weighted by atomic mass is 16.6. The van der Waals surface area contributed by atoms with Crippen molar-refractivity contribution >= 4 is 6.09 Å². The van der Waals surface area contributed by atoms with E-state index in [4.69, 9.17) is 4.74 Å². The number of amides is 1. The van der Waals surface area contributed by atoms with Gasteiger partial charge in [-0.2, -0.15) is 0 Å². The molecular formula is C12H23NO2. The van der Waals surface area contributed by atoms with Gasteiger partial charge in [-0.1, -0.05) is 19.8 Å². The average Bonchev–Trinajstić information content (AvgIpc) is 2.40. The van der Waals surface area contributed by atoms with Crippen molar-refractivity contribution < 1.29 is 9.53 Å². The van der Waals surface area contributed by atoms with Gasteiger partial charge in [-0.3, -0.25) is 0 Å². The van der Waals surface area contributed by atoms with Crippen LogP contribution in [0.4, 0.5) is 4.79 Å². The second-order valence-corrected chi connectivity index (χ2v) is 4.54. The smallest absolute Gasteiger partial charge is 0.410 e. The van der Waals surface area contributed by atoms with E-state index in [9.17, 15) is 4.79 Å². The molecule has 3 heteroatoms. The third-order valence-corrected chi connectivity index (χ3v) is 2.92. The van der Waals surface area contributed by atoms with Gasteiger partial charge in [-0.25, -0.2) is 4.79 Å². The SMILES string of the molecule is CCC1CCCCCN1C(=O)OC(C)C. The minimum Gasteiger partial charge on any atom is -0.447 e. The van der Waals surface area contributed by atoms with Crippen LogP contribution in [0.25, 0.3) is 0 Å². The van der Waals surface area contributed by atoms with Crippen molar-refractivity contribution in [2.24, 2.45) is 0 Å². The van der Waals surface area contributed by atoms with E-state index >= 15 is 0 Å². The topological polar surface area (TPSA) is 29.5 Å². The van der Waals surface area contributed by atoms with Crippen LogP contribution in [0.3, 0.4) is 0 Å². The molecule has 0 saturated carbocycles. The Hall–Kier alpha value is -0.730. The third-order valence-electron chi connectivity index (χ3n) is 2.92. The second-order valence-electron chi connectivity index (χ2n) is 4.54. The zero-order valence-corrected chi connectivity index (χ0v) is 10.2. The van der Waals surface area contributed by atoms with Gasteiger partial charge in [0.05, 0.1) is 6.10 Å². The number of hydrogen-bond donors (Lipinski definition) is 0. The number of likely N-dealkylation sites (tertiary alicyclic amines) is 1. The van der Waals surface area contributed by atoms with E-state index in [0.29, 0.717) is 6.04 Å². The summed E-state index contributed by atoms with van der Waals surface area (Å²) in [6.45, 7) is 6.81. The standard InChI is InChI=1S/C12H23NO2/c1-4-11-8-6-5-7-9-13(11)12(14)15-10(2)3/h10-11H,4-9H2,1-3H3. The molecule has 1 heterocycles. The highest BCUT2D eigenvalue weighted by Gasteiger charge is 2.25. The van der Waals surface area contributed by atoms with Crippen LogP contribution in [-0.4, -0.2) is 29.7 Å². The Morgan fingerprint density at radius 1 is 1.40 bits per heavy atom. The zero-order valence-electron chi connectivity index (χ0n) is 10.2. The molecule has 0 spiro atoms. The van der Waals surface area contributed by atoms with Gasteiger partial charge in [-0.15, -0.1) is 0 Å². The first-order chi connectivity index (χ1) is 7.15. The lowest BCUT2D eigenvalue weighted by Gasteiger charge is -2.29. The summed E-state index contributed by atoms with van der Waals surface area (Å²) in [6.07, 6.45) is 5.61. The number of nitrogens with zero attached hydrogens (tertiary/aromatic N) is 1. The molecule has 0 aliphatic carbocycles. The minimum atomic E-state index is -0.126. The average molecular weight is 213 g/mol. The third kappa shape index (κ3) is 3.73. The summed E-state index contributed by atoms with van der Waals surface area (Å²) in [5.41, 5.74) is 0. The van der Waals surface area contributed by atoms with E-state index in [-0.39, 0.29) is 12.2 Å². The Bertz CT molecular complexity index is 204. The number of ether oxygens (including phenoxy) is 1. The van der Waals surface area contributed by atoms with Gasteiger partial charge < -0.3 is 9.64 Å². The lowest BCUT2D eigenvalue weighted by atomic mass is 10.1. The van der Waals surface area contributed by atoms with E-state index in [1.807, 2.05) is 18.7 Å². The fourth-order valence-corrected chi connectivity index (χ4v) is 2.11. The van der Waals surface area contributed by atoms with E-state index < -0.39 is 0 Å². The van der Waals surface area contributed by atoms with Crippen LogP contribution in [0.15, 0.2) is 0 Å². The molecule has 0 N–H and O–H groups in total. The van der Waals surface area contributed by atoms with E-state index in [1.54, 1.807) is 0 Å². The summed E-state index contributed by atoms with van der Waals surface area (Å²) in [5.74, 6) is 0. The molecule has 0 aromatic carbocycles. The maximum absolute atomic E-state index is 11.8. The van der Waals surface area contributed by atoms with Gasteiger partial charge in [-0.05, 0) is 33.1 Å². The molecule has 0 bridgehead atoms. The van der Waals surface area contributed by atoms with Crippen molar-refractivity contribution in [1.82, 2.24) is 4.90 Å². The molecule has 1 fully saturated rings. The maximum Gasteiger partial charge on any atom is 0.410 e. The monoisotopic (exact) mass is 213 g/mol. The van der Waals surface area contributed by atoms with Gasteiger partial charge in [0.1, 0.15) is 0 Å². The summed E-state index contributed by atoms with van der Waals surface area (Å²) in [7, 11) is 0. The van der Waals surface area contributed by atoms with E-state index in [2.05, 4.69) is 6.92 Å². The van der Waals surface area contributed by atoms with Crippen LogP contribution in [0, 0.1) is 0 Å². The highest BCUT2D eigenvalue weighted by molar-refractivity contribution is 5.68. The van der Waals surface area contributed by atoms with Gasteiger partial charge in [0.25, 0.3) is 0 Å². The van der Waals surface area contributed by atoms with E-state index in [1.165, 1.54) is 12.8 Å². The lowest BCUT2D eigenvalue weighted by Crippen LogP contribution is -2.40. The largest absolute Gasteiger partial charge is 0.447 e. The first-order valence-electron chi connectivity index (χ1n) is 6.12. The highest BCUT2D eigenvalue weighted by Crippen LogP contribution is 2.20. The van der Waals surface area contributed by atoms with Crippen LogP contribution in [0.2, 0.25) is 0 Å². The fourth-order valence-electron chi connectivity index (χ4n) is 2.11. The lowest BCUT2D eigenvalue weighted by molar-refractivity contribution is 0.0632. The number of rotatable bonds is 2. The van der Waals surface area contributed by atoms with Crippen LogP contribution in [0.5, 0.6) is 0 Å². The molecule has 15 heavy (non-hydrogen) atoms. The first-order valence-corrected chi connectivity index (χ1v) is 6.12. The van der Waals surface area contributed by atoms with Crippen LogP contribution in [-0.2, 0) is 4.74 Å². The second kappa shape index (κ2) is 5.99. The van der Waals surface area contributed by atoms with Gasteiger partial charge >= 0.3 is 6.09 Å². The molecule has 1 unspecified atom stereocenters. The summed E-state index contributed by atoms with van der Waals surface area (Å²) in [4.78, 5) is 13.8. The molecule has 0 radical (unpaired) electrons. The molecule has 1 amide bonds. The van der Waals surface area contributed by atoms with Gasteiger partial charge in [0, 0.05) is 12.6 Å². The Labute approximate surface area is 92.8 Å². The van der Waals surface area contributed by atoms with Crippen molar-refractivity contribution in [2.45, 2.75) is 65.0 Å². The Kier molecular flexibility index (Phi) is 4.92. The van der Waals surface area contributed by atoms with Crippen LogP contribution < -0.4 is 0 Å². The predicted molar refractivity (Wildman–Crippen MR) is 60.9 cm³/mol. The van der Waals surface area contributed by atoms with Crippen molar-refractivity contribution in [2.75, 3.05) is 6.54 Å². The van der Waals surface area contributed by atoms with Gasteiger partial charge in [0.2, 0.25) is 0 Å². The molecule has 1 rings (SSSR count). The normalized spacial score (nSPS) is 22.7. The molecule has 0 aromatic rings. The van der Waals surface area contributed by atoms with Crippen LogP contribution in [0.1, 0.15) is 52.9 Å². The summed E-state index contributed by atoms with van der Waals surface area (Å²) in [5, 5.41) is 0. The van der Waals surface area contributed by atoms with Crippen molar-refractivity contribution in [3.05, 3.63) is 0 Å². The molecule has 1 saturated heterocycles. The molecule has 88 valence electrons. The van der Waals surface area contributed by atoms with Crippen molar-refractivity contribution in [1.29, 1.82) is 0 Å². The fraction of sp³-hybridized carbons (Fsp3) is 0.917. The van der Waals surface area contributed by atoms with Crippen molar-refractivity contribution in [3.8, 4) is 0 Å². The zero-order chi connectivity index (χ0) is 11.3. The molecule has 1 aliphatic heterocycles. The van der Waals surface area contributed by atoms with Crippen molar-refractivity contribution in [3.63, 3.8) is 0 Å². The number of hydrogen-bond acceptors (Lipinski definition) is 2. The van der Waals surface area contributed by atoms with Crippen LogP contribution >= 0.6 is 0 Å². The number of carbonyl (C=O) groups excluding carboxylic acids is 1. The Balaban J connectivity index is 2.57. The number of carbonyl (C=O) groups is 1. The summed E-state index contributed by atoms with van der Waals surface area (Å²) in [6, 6.07) is 0.388. The predicted octanol–water partition coefficient (Wildman–Crippen LogP) is 3.19. The molecule has 1 atom stereocenters. The minimum absolute atomic E-state index is 0.0155. The quantitative estimate of drug-likeness (QED) is 0.705. The van der Waals surface area contributed by atoms with Gasteiger partial charge in [0.15, 0.2) is 0 Å². The Morgan fingerprint density at radius 2 is 2.13 bits per heavy atom. The first kappa shape index (κ1) is 12.3. The summed E-state index contributed by atoms with van der Waals surface area (Å²) < 4.78 is 5.26. The molecule has 3 nitrogen and oxygen atoms in total. The molecule has 1 aliphatic rings. The maximum atomic E-state index is 11.8. The molecular weight excluding hydrogens is 190 g/mol. The molecule has 0 aromatic heterocycles.